The molecule has 0 unspecified atom stereocenters. The molecule has 13 heteroatoms. The minimum Gasteiger partial charge on any atom is -0.398 e. The third-order valence-electron chi connectivity index (χ3n) is 8.37. The van der Waals surface area contributed by atoms with Crippen LogP contribution in [0.25, 0.3) is 0 Å². The summed E-state index contributed by atoms with van der Waals surface area (Å²) in [7, 11) is -11.3. The van der Waals surface area contributed by atoms with Gasteiger partial charge in [0.25, 0.3) is 18.3 Å². The number of carbonyl (C=O) groups is 2. The Morgan fingerprint density at radius 3 is 2.04 bits per heavy atom. The molecule has 0 bridgehead atoms. The molecule has 9 nitrogen and oxygen atoms in total. The quantitative estimate of drug-likeness (QED) is 0.228. The number of amides is 1. The number of nitrogens with one attached hydrogen (secondary N) is 2. The highest BCUT2D eigenvalue weighted by Gasteiger charge is 2.52. The molecule has 2 heterocycles. The molecule has 0 aliphatic carbocycles. The van der Waals surface area contributed by atoms with Gasteiger partial charge in [0.1, 0.15) is 14.5 Å². The van der Waals surface area contributed by atoms with Gasteiger partial charge in [-0.1, -0.05) is 88.4 Å². The number of hydrogen-bond acceptors (Lipinski definition) is 9. The normalized spacial score (nSPS) is 19.7. The van der Waals surface area contributed by atoms with E-state index in [9.17, 15) is 26.4 Å². The van der Waals surface area contributed by atoms with Crippen molar-refractivity contribution in [1.29, 1.82) is 0 Å². The standard InChI is InChI=1S/C32H42N2O7S3Si/c1-8-33-27-19-21(2)43(37,38)31-26(27)20-28(42-31)44(39,40)34-30(36)22(3)29(35)23(4)41-45(32(5,6)7,24-15-11-9-12-16-24)25-17-13-10-14-18-25/h9-18,20-23,27,33H,8,19H2,1-7H3,(H,34,36)/t21-,22-,23-,27-/m0/s1. The van der Waals surface area contributed by atoms with Gasteiger partial charge in [0.05, 0.1) is 11.2 Å². The van der Waals surface area contributed by atoms with Gasteiger partial charge in [-0.3, -0.25) is 9.59 Å². The van der Waals surface area contributed by atoms with Gasteiger partial charge < -0.3 is 9.74 Å². The molecule has 244 valence electrons. The van der Waals surface area contributed by atoms with Crippen molar-refractivity contribution >= 4 is 61.6 Å². The van der Waals surface area contributed by atoms with E-state index in [4.69, 9.17) is 4.43 Å². The van der Waals surface area contributed by atoms with Crippen molar-refractivity contribution in [2.45, 2.75) is 85.7 Å². The summed E-state index contributed by atoms with van der Waals surface area (Å²) in [6.07, 6.45) is -0.734. The maximum absolute atomic E-state index is 13.7. The maximum atomic E-state index is 13.7. The van der Waals surface area contributed by atoms with Crippen LogP contribution >= 0.6 is 11.3 Å². The van der Waals surface area contributed by atoms with Gasteiger partial charge in [-0.05, 0) is 55.2 Å². The van der Waals surface area contributed by atoms with Gasteiger partial charge in [0.15, 0.2) is 15.6 Å². The van der Waals surface area contributed by atoms with E-state index in [0.717, 1.165) is 10.4 Å². The van der Waals surface area contributed by atoms with Crippen LogP contribution in [0.1, 0.15) is 66.5 Å². The van der Waals surface area contributed by atoms with Crippen LogP contribution in [0.4, 0.5) is 0 Å². The second-order valence-electron chi connectivity index (χ2n) is 12.5. The zero-order valence-corrected chi connectivity index (χ0v) is 30.1. The number of hydrogen-bond donors (Lipinski definition) is 2. The number of Topliss-reactive ketones (excluding diaryl/α,β-unsaturated/α-hetero) is 1. The lowest BCUT2D eigenvalue weighted by Crippen LogP contribution is -2.68. The van der Waals surface area contributed by atoms with Crippen LogP contribution < -0.4 is 20.4 Å². The van der Waals surface area contributed by atoms with E-state index < -0.39 is 62.2 Å². The fourth-order valence-corrected chi connectivity index (χ4v) is 15.7. The first kappa shape index (κ1) is 35.2. The summed E-state index contributed by atoms with van der Waals surface area (Å²) in [5.41, 5.74) is 0.379. The van der Waals surface area contributed by atoms with E-state index in [0.29, 0.717) is 29.9 Å². The molecule has 2 N–H and O–H groups in total. The summed E-state index contributed by atoms with van der Waals surface area (Å²) in [4.78, 5) is 27.0. The second-order valence-corrected chi connectivity index (χ2v) is 22.3. The average molecular weight is 691 g/mol. The first-order valence-corrected chi connectivity index (χ1v) is 20.7. The molecule has 1 amide bonds. The van der Waals surface area contributed by atoms with Crippen molar-refractivity contribution in [2.24, 2.45) is 5.92 Å². The molecular formula is C32H42N2O7S3Si. The summed E-state index contributed by atoms with van der Waals surface area (Å²) in [5.74, 6) is -2.94. The third-order valence-corrected chi connectivity index (χ3v) is 19.2. The minimum atomic E-state index is -4.47. The van der Waals surface area contributed by atoms with Crippen LogP contribution in [-0.2, 0) is 33.9 Å². The Balaban J connectivity index is 1.61. The topological polar surface area (TPSA) is 136 Å². The lowest BCUT2D eigenvalue weighted by molar-refractivity contribution is -0.136. The Hall–Kier alpha value is -2.68. The molecule has 0 saturated heterocycles. The van der Waals surface area contributed by atoms with Crippen LogP contribution in [0.15, 0.2) is 75.1 Å². The number of carbonyl (C=O) groups excluding carboxylic acids is 2. The molecule has 2 aromatic carbocycles. The van der Waals surface area contributed by atoms with E-state index in [2.05, 4.69) is 26.1 Å². The highest BCUT2D eigenvalue weighted by Crippen LogP contribution is 2.43. The van der Waals surface area contributed by atoms with E-state index in [-0.39, 0.29) is 14.5 Å². The van der Waals surface area contributed by atoms with Crippen LogP contribution in [0.2, 0.25) is 5.04 Å². The fourth-order valence-electron chi connectivity index (χ4n) is 5.94. The maximum Gasteiger partial charge on any atom is 0.273 e. The lowest BCUT2D eigenvalue weighted by atomic mass is 10.0. The van der Waals surface area contributed by atoms with Crippen molar-refractivity contribution in [3.8, 4) is 0 Å². The summed E-state index contributed by atoms with van der Waals surface area (Å²) in [6, 6.07) is 20.5. The average Bonchev–Trinajstić information content (AvgIpc) is 3.46. The predicted octanol–water partition coefficient (Wildman–Crippen LogP) is 3.94. The Bertz CT molecular complexity index is 1710. The molecule has 4 atom stereocenters. The van der Waals surface area contributed by atoms with Crippen LogP contribution in [0.3, 0.4) is 0 Å². The molecule has 3 aromatic rings. The molecule has 45 heavy (non-hydrogen) atoms. The third kappa shape index (κ3) is 6.74. The number of fused-ring (bicyclic) bond motifs is 1. The number of sulfonamides is 1. The monoisotopic (exact) mass is 690 g/mol. The Labute approximate surface area is 271 Å². The first-order valence-electron chi connectivity index (χ1n) is 15.0. The number of rotatable bonds is 11. The summed E-state index contributed by atoms with van der Waals surface area (Å²) in [6.45, 7) is 13.2. The first-order chi connectivity index (χ1) is 21.0. The van der Waals surface area contributed by atoms with Gasteiger partial charge in [-0.15, -0.1) is 11.3 Å². The summed E-state index contributed by atoms with van der Waals surface area (Å²) in [5, 5.41) is 4.04. The number of ketones is 1. The summed E-state index contributed by atoms with van der Waals surface area (Å²) >= 11 is 0.622. The number of sulfone groups is 1. The van der Waals surface area contributed by atoms with E-state index in [1.165, 1.54) is 13.0 Å². The van der Waals surface area contributed by atoms with Gasteiger partial charge in [0.2, 0.25) is 5.91 Å². The highest BCUT2D eigenvalue weighted by atomic mass is 32.3. The fraction of sp³-hybridized carbons (Fsp3) is 0.438. The molecule has 0 spiro atoms. The molecule has 0 fully saturated rings. The zero-order valence-electron chi connectivity index (χ0n) is 26.7. The Kier molecular flexibility index (Phi) is 10.3. The van der Waals surface area contributed by atoms with Crippen LogP contribution in [-0.4, -0.2) is 54.7 Å². The van der Waals surface area contributed by atoms with Gasteiger partial charge in [0, 0.05) is 11.6 Å². The molecule has 0 radical (unpaired) electrons. The van der Waals surface area contributed by atoms with Gasteiger partial charge in [-0.25, -0.2) is 21.6 Å². The molecule has 1 aromatic heterocycles. The Morgan fingerprint density at radius 2 is 1.56 bits per heavy atom. The molecule has 1 aliphatic heterocycles. The molecular weight excluding hydrogens is 649 g/mol. The van der Waals surface area contributed by atoms with Gasteiger partial charge in [-0.2, -0.15) is 0 Å². The van der Waals surface area contributed by atoms with E-state index in [1.54, 1.807) is 13.8 Å². The van der Waals surface area contributed by atoms with Gasteiger partial charge >= 0.3 is 0 Å². The van der Waals surface area contributed by atoms with Crippen molar-refractivity contribution in [2.75, 3.05) is 6.54 Å². The lowest BCUT2D eigenvalue weighted by Gasteiger charge is -2.44. The zero-order chi connectivity index (χ0) is 33.4. The van der Waals surface area contributed by atoms with Crippen molar-refractivity contribution in [3.63, 3.8) is 0 Å². The van der Waals surface area contributed by atoms with Crippen LogP contribution in [0.5, 0.6) is 0 Å². The van der Waals surface area contributed by atoms with Crippen molar-refractivity contribution in [1.82, 2.24) is 10.0 Å². The SMILES string of the molecule is CCN[C@H]1C[C@H](C)S(=O)(=O)c2sc(S(=O)(=O)NC(=O)[C@@H](C)C(=O)[C@H](C)O[Si](c3ccccc3)(c3ccccc3)C(C)(C)C)cc21. The smallest absolute Gasteiger partial charge is 0.273 e. The Morgan fingerprint density at radius 1 is 1.02 bits per heavy atom. The van der Waals surface area contributed by atoms with Crippen LogP contribution in [0, 0.1) is 5.92 Å². The number of thiophene rings is 1. The second kappa shape index (κ2) is 13.2. The largest absolute Gasteiger partial charge is 0.398 e. The predicted molar refractivity (Wildman–Crippen MR) is 180 cm³/mol. The van der Waals surface area contributed by atoms with E-state index in [1.807, 2.05) is 72.3 Å². The summed E-state index contributed by atoms with van der Waals surface area (Å²) < 4.78 is 61.3. The molecule has 0 saturated carbocycles. The number of benzene rings is 2. The van der Waals surface area contributed by atoms with Crippen molar-refractivity contribution < 1.29 is 30.9 Å². The molecule has 4 rings (SSSR count). The molecule has 1 aliphatic rings. The van der Waals surface area contributed by atoms with E-state index >= 15 is 0 Å². The highest BCUT2D eigenvalue weighted by molar-refractivity contribution is 7.95. The van der Waals surface area contributed by atoms with Crippen molar-refractivity contribution in [3.05, 3.63) is 72.3 Å². The minimum absolute atomic E-state index is 0.0172.